The van der Waals surface area contributed by atoms with Crippen molar-refractivity contribution in [3.05, 3.63) is 53.7 Å². The number of aromatic nitrogens is 1. The Balaban J connectivity index is 1.95. The first kappa shape index (κ1) is 16.4. The number of rotatable bonds is 5. The zero-order valence-corrected chi connectivity index (χ0v) is 14.2. The highest BCUT2D eigenvalue weighted by Crippen LogP contribution is 2.35. The number of nitrogens with zero attached hydrogens (tertiary/aromatic N) is 1. The fourth-order valence-corrected chi connectivity index (χ4v) is 2.76. The van der Waals surface area contributed by atoms with Crippen molar-refractivity contribution in [3.8, 4) is 17.2 Å². The second-order valence-electron chi connectivity index (χ2n) is 4.81. The number of ether oxygens (including phenoxy) is 2. The lowest BCUT2D eigenvalue weighted by atomic mass is 10.2. The quantitative estimate of drug-likeness (QED) is 0.676. The van der Waals surface area contributed by atoms with E-state index < -0.39 is 10.9 Å². The molecule has 0 amide bonds. The van der Waals surface area contributed by atoms with E-state index in [0.29, 0.717) is 22.9 Å². The Kier molecular flexibility index (Phi) is 4.73. The van der Waals surface area contributed by atoms with E-state index in [1.807, 2.05) is 18.2 Å². The van der Waals surface area contributed by atoms with Gasteiger partial charge in [-0.05, 0) is 36.4 Å². The second-order valence-corrected chi connectivity index (χ2v) is 5.95. The molecule has 6 nitrogen and oxygen atoms in total. The molecule has 0 unspecified atom stereocenters. The van der Waals surface area contributed by atoms with Gasteiger partial charge in [-0.3, -0.25) is 9.71 Å². The van der Waals surface area contributed by atoms with E-state index >= 15 is 0 Å². The van der Waals surface area contributed by atoms with Crippen molar-refractivity contribution in [1.29, 1.82) is 0 Å². The van der Waals surface area contributed by atoms with Crippen molar-refractivity contribution >= 4 is 39.1 Å². The Labute approximate surface area is 145 Å². The van der Waals surface area contributed by atoms with E-state index in [1.165, 1.54) is 6.07 Å². The molecular weight excluding hydrogens is 352 g/mol. The smallest absolute Gasteiger partial charge is 0.222 e. The maximum absolute atomic E-state index is 10.7. The minimum Gasteiger partial charge on any atom is -0.497 e. The number of thiol groups is 1. The number of anilines is 1. The number of hydrogen-bond acceptors (Lipinski definition) is 5. The minimum atomic E-state index is -2.74. The molecule has 0 radical (unpaired) electrons. The van der Waals surface area contributed by atoms with Crippen molar-refractivity contribution in [2.24, 2.45) is 0 Å². The monoisotopic (exact) mass is 364 g/mol. The van der Waals surface area contributed by atoms with E-state index in [0.717, 1.165) is 10.9 Å². The van der Waals surface area contributed by atoms with Gasteiger partial charge in [0.25, 0.3) is 0 Å². The first-order chi connectivity index (χ1) is 11.6. The summed E-state index contributed by atoms with van der Waals surface area (Å²) in [5, 5.41) is 1.09. The van der Waals surface area contributed by atoms with Crippen LogP contribution in [0.2, 0.25) is 5.02 Å². The predicted molar refractivity (Wildman–Crippen MR) is 93.8 cm³/mol. The highest BCUT2D eigenvalue weighted by atomic mass is 35.5. The molecule has 8 heteroatoms. The SMILES string of the molecule is COc1ccc2c(Oc3ccc(N[SH](=O)=O)cc3Cl)ccnc2c1. The van der Waals surface area contributed by atoms with Gasteiger partial charge in [-0.1, -0.05) is 11.6 Å². The summed E-state index contributed by atoms with van der Waals surface area (Å²) in [6.07, 6.45) is 1.63. The molecule has 24 heavy (non-hydrogen) atoms. The average molecular weight is 365 g/mol. The molecule has 0 atom stereocenters. The summed E-state index contributed by atoms with van der Waals surface area (Å²) in [4.78, 5) is 4.29. The summed E-state index contributed by atoms with van der Waals surface area (Å²) in [7, 11) is -1.16. The Hall–Kier alpha value is -2.51. The molecule has 124 valence electrons. The van der Waals surface area contributed by atoms with E-state index in [-0.39, 0.29) is 5.02 Å². The van der Waals surface area contributed by atoms with Crippen LogP contribution in [-0.4, -0.2) is 20.5 Å². The summed E-state index contributed by atoms with van der Waals surface area (Å²) in [5.74, 6) is 1.69. The number of methoxy groups -OCH3 is 1. The number of hydrogen-bond donors (Lipinski definition) is 2. The molecule has 2 aromatic carbocycles. The average Bonchev–Trinajstić information content (AvgIpc) is 2.56. The van der Waals surface area contributed by atoms with Crippen LogP contribution in [0.5, 0.6) is 17.2 Å². The lowest BCUT2D eigenvalue weighted by Crippen LogP contribution is -1.95. The van der Waals surface area contributed by atoms with E-state index in [1.54, 1.807) is 31.5 Å². The largest absolute Gasteiger partial charge is 0.497 e. The van der Waals surface area contributed by atoms with Crippen molar-refractivity contribution in [2.45, 2.75) is 0 Å². The van der Waals surface area contributed by atoms with Gasteiger partial charge in [-0.25, -0.2) is 8.42 Å². The first-order valence-electron chi connectivity index (χ1n) is 6.88. The second kappa shape index (κ2) is 6.94. The molecule has 1 N–H and O–H groups in total. The van der Waals surface area contributed by atoms with E-state index in [4.69, 9.17) is 21.1 Å². The molecule has 0 saturated carbocycles. The fraction of sp³-hybridized carbons (Fsp3) is 0.0625. The zero-order valence-electron chi connectivity index (χ0n) is 12.5. The van der Waals surface area contributed by atoms with Gasteiger partial charge >= 0.3 is 0 Å². The predicted octanol–water partition coefficient (Wildman–Crippen LogP) is 3.63. The van der Waals surface area contributed by atoms with Crippen LogP contribution in [0, 0.1) is 0 Å². The van der Waals surface area contributed by atoms with Crippen LogP contribution in [0.3, 0.4) is 0 Å². The van der Waals surface area contributed by atoms with Crippen LogP contribution in [0.1, 0.15) is 0 Å². The molecule has 0 aliphatic heterocycles. The number of pyridine rings is 1. The molecule has 3 rings (SSSR count). The molecule has 1 heterocycles. The number of halogens is 1. The summed E-state index contributed by atoms with van der Waals surface area (Å²) < 4.78 is 34.7. The third kappa shape index (κ3) is 3.52. The maximum atomic E-state index is 10.7. The lowest BCUT2D eigenvalue weighted by molar-refractivity contribution is 0.415. The topological polar surface area (TPSA) is 77.5 Å². The Bertz CT molecular complexity index is 967. The first-order valence-corrected chi connectivity index (χ1v) is 8.43. The van der Waals surface area contributed by atoms with Gasteiger partial charge in [0.05, 0.1) is 17.6 Å². The van der Waals surface area contributed by atoms with Crippen molar-refractivity contribution in [1.82, 2.24) is 4.98 Å². The molecule has 0 fully saturated rings. The molecule has 0 aliphatic rings. The summed E-state index contributed by atoms with van der Waals surface area (Å²) in [6, 6.07) is 11.8. The maximum Gasteiger partial charge on any atom is 0.222 e. The van der Waals surface area contributed by atoms with Gasteiger partial charge < -0.3 is 9.47 Å². The van der Waals surface area contributed by atoms with Gasteiger partial charge in [0.2, 0.25) is 10.9 Å². The van der Waals surface area contributed by atoms with Crippen LogP contribution < -0.4 is 14.2 Å². The van der Waals surface area contributed by atoms with Crippen molar-refractivity contribution in [3.63, 3.8) is 0 Å². The zero-order chi connectivity index (χ0) is 17.1. The number of benzene rings is 2. The van der Waals surface area contributed by atoms with Crippen LogP contribution in [0.25, 0.3) is 10.9 Å². The molecular formula is C16H13ClN2O4S. The van der Waals surface area contributed by atoms with Crippen LogP contribution in [0.4, 0.5) is 5.69 Å². The van der Waals surface area contributed by atoms with Crippen molar-refractivity contribution in [2.75, 3.05) is 11.8 Å². The van der Waals surface area contributed by atoms with E-state index in [9.17, 15) is 8.42 Å². The van der Waals surface area contributed by atoms with E-state index in [2.05, 4.69) is 9.71 Å². The molecule has 1 aromatic heterocycles. The Morgan fingerprint density at radius 1 is 1.08 bits per heavy atom. The summed E-state index contributed by atoms with van der Waals surface area (Å²) in [5.41, 5.74) is 1.09. The molecule has 0 saturated heterocycles. The standard InChI is InChI=1S/C16H13ClN2O4S/c1-22-11-3-4-12-14(9-11)18-7-6-15(12)23-16-5-2-10(8-13(16)17)19-24(20)21/h2-9,24H,1H3,(H,19,20,21). The number of nitrogens with one attached hydrogen (secondary N) is 1. The van der Waals surface area contributed by atoms with Gasteiger partial charge in [0.15, 0.2) is 0 Å². The van der Waals surface area contributed by atoms with Crippen LogP contribution in [-0.2, 0) is 10.9 Å². The lowest BCUT2D eigenvalue weighted by Gasteiger charge is -2.11. The summed E-state index contributed by atoms with van der Waals surface area (Å²) in [6.45, 7) is 0. The fourth-order valence-electron chi connectivity index (χ4n) is 2.19. The Morgan fingerprint density at radius 3 is 2.62 bits per heavy atom. The Morgan fingerprint density at radius 2 is 1.92 bits per heavy atom. The highest BCUT2D eigenvalue weighted by molar-refractivity contribution is 7.73. The van der Waals surface area contributed by atoms with Crippen LogP contribution >= 0.6 is 11.6 Å². The normalized spacial score (nSPS) is 10.8. The molecule has 0 aliphatic carbocycles. The third-order valence-corrected chi connectivity index (χ3v) is 4.02. The molecule has 3 aromatic rings. The van der Waals surface area contributed by atoms with Gasteiger partial charge in [0.1, 0.15) is 17.2 Å². The van der Waals surface area contributed by atoms with Gasteiger partial charge in [0, 0.05) is 23.3 Å². The number of fused-ring (bicyclic) bond motifs is 1. The van der Waals surface area contributed by atoms with Crippen LogP contribution in [0.15, 0.2) is 48.7 Å². The molecule has 0 bridgehead atoms. The van der Waals surface area contributed by atoms with Gasteiger partial charge in [-0.15, -0.1) is 0 Å². The third-order valence-electron chi connectivity index (χ3n) is 3.28. The van der Waals surface area contributed by atoms with Crippen molar-refractivity contribution < 1.29 is 17.9 Å². The minimum absolute atomic E-state index is 0.287. The molecule has 0 spiro atoms. The highest BCUT2D eigenvalue weighted by Gasteiger charge is 2.09. The van der Waals surface area contributed by atoms with Gasteiger partial charge in [-0.2, -0.15) is 0 Å². The summed E-state index contributed by atoms with van der Waals surface area (Å²) >= 11 is 6.16.